The average Bonchev–Trinajstić information content (AvgIpc) is 2.56. The Hall–Kier alpha value is -3.29. The molecule has 0 aliphatic rings. The van der Waals surface area contributed by atoms with Gasteiger partial charge in [0.1, 0.15) is 11.6 Å². The van der Waals surface area contributed by atoms with E-state index in [0.29, 0.717) is 11.1 Å². The number of nitrogens with one attached hydrogen (secondary N) is 1. The number of nitrogens with two attached hydrogens (primary N) is 2. The van der Waals surface area contributed by atoms with Gasteiger partial charge >= 0.3 is 0 Å². The van der Waals surface area contributed by atoms with E-state index in [1.807, 2.05) is 0 Å². The van der Waals surface area contributed by atoms with Crippen LogP contribution in [0.15, 0.2) is 42.5 Å². The highest BCUT2D eigenvalue weighted by molar-refractivity contribution is 5.72. The SMILES string of the molecule is Nc1nc(NCc2ccccc2F)nc(-c2cccc(F)c2N)n1. The summed E-state index contributed by atoms with van der Waals surface area (Å²) in [6.45, 7) is 0.161. The Bertz CT molecular complexity index is 884. The summed E-state index contributed by atoms with van der Waals surface area (Å²) in [6, 6.07) is 10.6. The monoisotopic (exact) mass is 328 g/mol. The number of hydrogen-bond acceptors (Lipinski definition) is 6. The number of benzene rings is 2. The molecule has 122 valence electrons. The molecule has 8 heteroatoms. The summed E-state index contributed by atoms with van der Waals surface area (Å²) in [5, 5.41) is 2.87. The van der Waals surface area contributed by atoms with Crippen LogP contribution in [0, 0.1) is 11.6 Å². The molecule has 2 aromatic carbocycles. The minimum Gasteiger partial charge on any atom is -0.396 e. The first-order valence-corrected chi connectivity index (χ1v) is 7.08. The number of nitrogen functional groups attached to an aromatic ring is 2. The molecule has 0 radical (unpaired) electrons. The van der Waals surface area contributed by atoms with E-state index in [1.54, 1.807) is 24.3 Å². The largest absolute Gasteiger partial charge is 0.396 e. The van der Waals surface area contributed by atoms with E-state index in [0.717, 1.165) is 0 Å². The molecule has 1 heterocycles. The molecule has 1 aromatic heterocycles. The van der Waals surface area contributed by atoms with Crippen LogP contribution in [0.25, 0.3) is 11.4 Å². The number of para-hydroxylation sites is 1. The molecule has 0 saturated heterocycles. The maximum absolute atomic E-state index is 13.6. The molecule has 0 amide bonds. The van der Waals surface area contributed by atoms with Crippen LogP contribution in [0.5, 0.6) is 0 Å². The second-order valence-corrected chi connectivity index (χ2v) is 4.99. The quantitative estimate of drug-likeness (QED) is 0.636. The second kappa shape index (κ2) is 6.45. The van der Waals surface area contributed by atoms with Crippen LogP contribution in [0.1, 0.15) is 5.56 Å². The zero-order valence-electron chi connectivity index (χ0n) is 12.5. The van der Waals surface area contributed by atoms with E-state index in [1.165, 1.54) is 18.2 Å². The normalized spacial score (nSPS) is 10.6. The lowest BCUT2D eigenvalue weighted by Crippen LogP contribution is -2.09. The highest BCUT2D eigenvalue weighted by Crippen LogP contribution is 2.26. The van der Waals surface area contributed by atoms with Crippen molar-refractivity contribution in [3.8, 4) is 11.4 Å². The molecule has 0 spiro atoms. The molecule has 24 heavy (non-hydrogen) atoms. The predicted molar refractivity (Wildman–Crippen MR) is 87.8 cm³/mol. The second-order valence-electron chi connectivity index (χ2n) is 4.99. The molecule has 5 N–H and O–H groups in total. The van der Waals surface area contributed by atoms with Crippen molar-refractivity contribution in [1.82, 2.24) is 15.0 Å². The third kappa shape index (κ3) is 3.22. The van der Waals surface area contributed by atoms with Crippen LogP contribution >= 0.6 is 0 Å². The molecule has 0 bridgehead atoms. The van der Waals surface area contributed by atoms with Gasteiger partial charge in [0.2, 0.25) is 11.9 Å². The Morgan fingerprint density at radius 2 is 1.62 bits per heavy atom. The summed E-state index contributed by atoms with van der Waals surface area (Å²) in [4.78, 5) is 12.1. The fraction of sp³-hybridized carbons (Fsp3) is 0.0625. The Kier molecular flexibility index (Phi) is 4.19. The third-order valence-electron chi connectivity index (χ3n) is 3.34. The summed E-state index contributed by atoms with van der Waals surface area (Å²) in [6.07, 6.45) is 0. The lowest BCUT2D eigenvalue weighted by Gasteiger charge is -2.09. The van der Waals surface area contributed by atoms with Crippen LogP contribution in [-0.2, 0) is 6.54 Å². The van der Waals surface area contributed by atoms with E-state index in [-0.39, 0.29) is 35.8 Å². The molecule has 0 fully saturated rings. The van der Waals surface area contributed by atoms with Crippen molar-refractivity contribution in [2.45, 2.75) is 6.54 Å². The molecule has 0 aliphatic heterocycles. The number of aromatic nitrogens is 3. The molecule has 3 aromatic rings. The van der Waals surface area contributed by atoms with Gasteiger partial charge in [0, 0.05) is 17.7 Å². The van der Waals surface area contributed by atoms with Gasteiger partial charge in [-0.15, -0.1) is 0 Å². The highest BCUT2D eigenvalue weighted by atomic mass is 19.1. The van der Waals surface area contributed by atoms with Crippen LogP contribution in [0.3, 0.4) is 0 Å². The van der Waals surface area contributed by atoms with Crippen molar-refractivity contribution in [2.24, 2.45) is 0 Å². The summed E-state index contributed by atoms with van der Waals surface area (Å²) in [7, 11) is 0. The van der Waals surface area contributed by atoms with Crippen molar-refractivity contribution >= 4 is 17.6 Å². The Labute approximate surface area is 136 Å². The Morgan fingerprint density at radius 3 is 2.42 bits per heavy atom. The van der Waals surface area contributed by atoms with Gasteiger partial charge in [0.25, 0.3) is 0 Å². The van der Waals surface area contributed by atoms with Gasteiger partial charge in [-0.1, -0.05) is 24.3 Å². The first kappa shape index (κ1) is 15.6. The lowest BCUT2D eigenvalue weighted by atomic mass is 10.1. The first-order valence-electron chi connectivity index (χ1n) is 7.08. The summed E-state index contributed by atoms with van der Waals surface area (Å²) < 4.78 is 27.2. The highest BCUT2D eigenvalue weighted by Gasteiger charge is 2.12. The van der Waals surface area contributed by atoms with Gasteiger partial charge in [-0.2, -0.15) is 15.0 Å². The molecule has 0 saturated carbocycles. The van der Waals surface area contributed by atoms with Crippen molar-refractivity contribution in [3.05, 3.63) is 59.7 Å². The summed E-state index contributed by atoms with van der Waals surface area (Å²) in [5.41, 5.74) is 12.1. The number of rotatable bonds is 4. The average molecular weight is 328 g/mol. The van der Waals surface area contributed by atoms with Crippen LogP contribution in [-0.4, -0.2) is 15.0 Å². The van der Waals surface area contributed by atoms with Crippen molar-refractivity contribution < 1.29 is 8.78 Å². The predicted octanol–water partition coefficient (Wildman–Crippen LogP) is 2.59. The molecule has 0 atom stereocenters. The number of nitrogens with zero attached hydrogens (tertiary/aromatic N) is 3. The van der Waals surface area contributed by atoms with Gasteiger partial charge in [-0.05, 0) is 18.2 Å². The smallest absolute Gasteiger partial charge is 0.228 e. The van der Waals surface area contributed by atoms with Crippen LogP contribution < -0.4 is 16.8 Å². The van der Waals surface area contributed by atoms with E-state index in [2.05, 4.69) is 20.3 Å². The zero-order chi connectivity index (χ0) is 17.1. The zero-order valence-corrected chi connectivity index (χ0v) is 12.5. The summed E-state index contributed by atoms with van der Waals surface area (Å²) in [5.74, 6) is -0.700. The minimum absolute atomic E-state index is 0.0558. The van der Waals surface area contributed by atoms with Gasteiger partial charge < -0.3 is 16.8 Å². The standard InChI is InChI=1S/C16H14F2N6/c17-11-6-2-1-4-9(11)8-21-16-23-14(22-15(20)24-16)10-5-3-7-12(18)13(10)19/h1-7H,8,19H2,(H3,20,21,22,23,24). The van der Waals surface area contributed by atoms with E-state index < -0.39 is 5.82 Å². The maximum Gasteiger partial charge on any atom is 0.228 e. The Balaban J connectivity index is 1.89. The van der Waals surface area contributed by atoms with Crippen molar-refractivity contribution in [2.75, 3.05) is 16.8 Å². The van der Waals surface area contributed by atoms with Crippen LogP contribution in [0.2, 0.25) is 0 Å². The number of anilines is 3. The first-order chi connectivity index (χ1) is 11.5. The molecule has 6 nitrogen and oxygen atoms in total. The summed E-state index contributed by atoms with van der Waals surface area (Å²) >= 11 is 0. The van der Waals surface area contributed by atoms with Gasteiger partial charge in [-0.3, -0.25) is 0 Å². The fourth-order valence-electron chi connectivity index (χ4n) is 2.14. The number of hydrogen-bond donors (Lipinski definition) is 3. The topological polar surface area (TPSA) is 103 Å². The lowest BCUT2D eigenvalue weighted by molar-refractivity contribution is 0.612. The van der Waals surface area contributed by atoms with Crippen LogP contribution in [0.4, 0.5) is 26.4 Å². The minimum atomic E-state index is -0.577. The molecular formula is C16H14F2N6. The molecule has 3 rings (SSSR count). The van der Waals surface area contributed by atoms with Crippen molar-refractivity contribution in [3.63, 3.8) is 0 Å². The van der Waals surface area contributed by atoms with Gasteiger partial charge in [0.15, 0.2) is 5.82 Å². The fourth-order valence-corrected chi connectivity index (χ4v) is 2.14. The van der Waals surface area contributed by atoms with E-state index >= 15 is 0 Å². The number of halogens is 2. The van der Waals surface area contributed by atoms with Gasteiger partial charge in [0.05, 0.1) is 5.69 Å². The van der Waals surface area contributed by atoms with Gasteiger partial charge in [-0.25, -0.2) is 8.78 Å². The molecule has 0 aliphatic carbocycles. The maximum atomic E-state index is 13.6. The molecular weight excluding hydrogens is 314 g/mol. The van der Waals surface area contributed by atoms with E-state index in [4.69, 9.17) is 11.5 Å². The van der Waals surface area contributed by atoms with Crippen molar-refractivity contribution in [1.29, 1.82) is 0 Å². The molecule has 0 unspecified atom stereocenters. The third-order valence-corrected chi connectivity index (χ3v) is 3.34. The van der Waals surface area contributed by atoms with E-state index in [9.17, 15) is 8.78 Å². The Morgan fingerprint density at radius 1 is 0.875 bits per heavy atom.